The zero-order valence-electron chi connectivity index (χ0n) is 11.5. The number of carbonyl (C=O) groups excluding carboxylic acids is 5. The van der Waals surface area contributed by atoms with Crippen LogP contribution in [-0.2, 0) is 28.7 Å². The Hall–Kier alpha value is -1.61. The van der Waals surface area contributed by atoms with Crippen LogP contribution in [0, 0.1) is 0 Å². The van der Waals surface area contributed by atoms with Crippen molar-refractivity contribution in [2.75, 3.05) is 19.7 Å². The zero-order chi connectivity index (χ0) is 18.2. The first-order valence-electron chi connectivity index (χ1n) is 6.15. The van der Waals surface area contributed by atoms with E-state index in [4.69, 9.17) is 51.1 Å². The molecular weight excluding hydrogens is 410 g/mol. The standard InChI is InChI=1S/C12H6Cl4N2O6/c13-5-6(14)10(21)17(9(5)20)1-2-24-4(19)3-18-11(22)7(15)8(16)12(18)23/h1-3H2. The molecule has 0 aromatic rings. The molecule has 2 rings (SSSR count). The molecule has 2 aliphatic rings. The second-order valence-electron chi connectivity index (χ2n) is 4.43. The van der Waals surface area contributed by atoms with Crippen LogP contribution in [0.25, 0.3) is 0 Å². The molecule has 0 bridgehead atoms. The quantitative estimate of drug-likeness (QED) is 0.482. The van der Waals surface area contributed by atoms with Gasteiger partial charge in [0.25, 0.3) is 23.6 Å². The monoisotopic (exact) mass is 414 g/mol. The van der Waals surface area contributed by atoms with E-state index >= 15 is 0 Å². The Bertz CT molecular complexity index is 696. The summed E-state index contributed by atoms with van der Waals surface area (Å²) in [6.07, 6.45) is 0. The van der Waals surface area contributed by atoms with Gasteiger partial charge in [-0.3, -0.25) is 33.8 Å². The molecule has 2 heterocycles. The number of carbonyl (C=O) groups is 5. The highest BCUT2D eigenvalue weighted by atomic mass is 35.5. The van der Waals surface area contributed by atoms with Gasteiger partial charge in [0, 0.05) is 0 Å². The van der Waals surface area contributed by atoms with Gasteiger partial charge >= 0.3 is 5.97 Å². The number of amides is 4. The number of hydrogen-bond acceptors (Lipinski definition) is 6. The van der Waals surface area contributed by atoms with Crippen molar-refractivity contribution in [3.8, 4) is 0 Å². The van der Waals surface area contributed by atoms with Crippen LogP contribution in [0.4, 0.5) is 0 Å². The van der Waals surface area contributed by atoms with E-state index < -0.39 is 56.3 Å². The number of halogens is 4. The highest BCUT2D eigenvalue weighted by molar-refractivity contribution is 6.58. The highest BCUT2D eigenvalue weighted by Gasteiger charge is 2.39. The lowest BCUT2D eigenvalue weighted by molar-refractivity contribution is -0.153. The molecule has 0 saturated heterocycles. The van der Waals surface area contributed by atoms with Crippen LogP contribution in [0.2, 0.25) is 0 Å². The molecule has 12 heteroatoms. The average Bonchev–Trinajstić information content (AvgIpc) is 2.84. The Morgan fingerprint density at radius 2 is 1.12 bits per heavy atom. The Morgan fingerprint density at radius 1 is 0.750 bits per heavy atom. The van der Waals surface area contributed by atoms with Crippen molar-refractivity contribution in [2.24, 2.45) is 0 Å². The number of nitrogens with zero attached hydrogens (tertiary/aromatic N) is 2. The normalized spacial score (nSPS) is 18.5. The van der Waals surface area contributed by atoms with Gasteiger partial charge in [0.05, 0.1) is 6.54 Å². The van der Waals surface area contributed by atoms with Crippen molar-refractivity contribution in [1.82, 2.24) is 9.80 Å². The zero-order valence-corrected chi connectivity index (χ0v) is 14.5. The van der Waals surface area contributed by atoms with Crippen LogP contribution in [0.5, 0.6) is 0 Å². The van der Waals surface area contributed by atoms with Crippen LogP contribution in [0.3, 0.4) is 0 Å². The van der Waals surface area contributed by atoms with Crippen LogP contribution < -0.4 is 0 Å². The third kappa shape index (κ3) is 3.27. The molecule has 0 saturated carbocycles. The van der Waals surface area contributed by atoms with Gasteiger partial charge < -0.3 is 4.74 Å². The van der Waals surface area contributed by atoms with Crippen molar-refractivity contribution in [2.45, 2.75) is 0 Å². The molecule has 0 spiro atoms. The molecule has 0 unspecified atom stereocenters. The first-order chi connectivity index (χ1) is 11.2. The van der Waals surface area contributed by atoms with Gasteiger partial charge in [-0.2, -0.15) is 0 Å². The predicted molar refractivity (Wildman–Crippen MR) is 81.9 cm³/mol. The molecule has 128 valence electrons. The first-order valence-corrected chi connectivity index (χ1v) is 7.66. The highest BCUT2D eigenvalue weighted by Crippen LogP contribution is 2.27. The lowest BCUT2D eigenvalue weighted by Crippen LogP contribution is -2.38. The summed E-state index contributed by atoms with van der Waals surface area (Å²) >= 11 is 22.1. The topological polar surface area (TPSA) is 101 Å². The predicted octanol–water partition coefficient (Wildman–Crippen LogP) is 0.646. The second kappa shape index (κ2) is 7.10. The number of hydrogen-bond donors (Lipinski definition) is 0. The smallest absolute Gasteiger partial charge is 0.326 e. The summed E-state index contributed by atoms with van der Waals surface area (Å²) in [5.41, 5.74) is 0. The Labute approximate surface area is 154 Å². The Morgan fingerprint density at radius 3 is 1.54 bits per heavy atom. The molecule has 0 N–H and O–H groups in total. The largest absolute Gasteiger partial charge is 0.462 e. The van der Waals surface area contributed by atoms with Crippen molar-refractivity contribution < 1.29 is 28.7 Å². The summed E-state index contributed by atoms with van der Waals surface area (Å²) in [6.45, 7) is -1.39. The Kier molecular flexibility index (Phi) is 5.54. The molecule has 0 aliphatic carbocycles. The molecule has 0 aromatic heterocycles. The summed E-state index contributed by atoms with van der Waals surface area (Å²) in [7, 11) is 0. The fourth-order valence-electron chi connectivity index (χ4n) is 1.81. The van der Waals surface area contributed by atoms with Gasteiger partial charge in [0.2, 0.25) is 0 Å². The molecule has 4 amide bonds. The van der Waals surface area contributed by atoms with Crippen LogP contribution in [0.15, 0.2) is 20.1 Å². The van der Waals surface area contributed by atoms with Gasteiger partial charge in [-0.15, -0.1) is 0 Å². The lowest BCUT2D eigenvalue weighted by Gasteiger charge is -2.16. The van der Waals surface area contributed by atoms with Gasteiger partial charge in [0.1, 0.15) is 33.3 Å². The van der Waals surface area contributed by atoms with E-state index in [1.165, 1.54) is 0 Å². The van der Waals surface area contributed by atoms with E-state index in [0.717, 1.165) is 0 Å². The van der Waals surface area contributed by atoms with Crippen molar-refractivity contribution in [1.29, 1.82) is 0 Å². The Balaban J connectivity index is 1.84. The maximum absolute atomic E-state index is 11.6. The van der Waals surface area contributed by atoms with E-state index in [-0.39, 0.29) is 13.2 Å². The lowest BCUT2D eigenvalue weighted by atomic mass is 10.5. The van der Waals surface area contributed by atoms with E-state index in [1.54, 1.807) is 0 Å². The third-order valence-electron chi connectivity index (χ3n) is 2.98. The summed E-state index contributed by atoms with van der Waals surface area (Å²) < 4.78 is 4.76. The molecule has 0 fully saturated rings. The molecule has 0 atom stereocenters. The average molecular weight is 416 g/mol. The van der Waals surface area contributed by atoms with Crippen LogP contribution in [-0.4, -0.2) is 59.1 Å². The van der Waals surface area contributed by atoms with Crippen molar-refractivity contribution in [3.63, 3.8) is 0 Å². The van der Waals surface area contributed by atoms with Crippen LogP contribution in [0.1, 0.15) is 0 Å². The number of esters is 1. The molecule has 0 radical (unpaired) electrons. The number of rotatable bonds is 5. The summed E-state index contributed by atoms with van der Waals surface area (Å²) in [5.74, 6) is -4.42. The van der Waals surface area contributed by atoms with E-state index in [1.807, 2.05) is 0 Å². The van der Waals surface area contributed by atoms with Gasteiger partial charge in [-0.1, -0.05) is 46.4 Å². The SMILES string of the molecule is O=C(CN1C(=O)C(Cl)=C(Cl)C1=O)OCCN1C(=O)C(Cl)=C(Cl)C1=O. The summed E-state index contributed by atoms with van der Waals surface area (Å²) in [5, 5.41) is -1.82. The van der Waals surface area contributed by atoms with Crippen molar-refractivity contribution in [3.05, 3.63) is 20.1 Å². The third-order valence-corrected chi connectivity index (χ3v) is 4.58. The van der Waals surface area contributed by atoms with Gasteiger partial charge in [0.15, 0.2) is 0 Å². The van der Waals surface area contributed by atoms with E-state index in [9.17, 15) is 24.0 Å². The van der Waals surface area contributed by atoms with Crippen LogP contribution >= 0.6 is 46.4 Å². The minimum absolute atomic E-state index is 0.294. The van der Waals surface area contributed by atoms with Gasteiger partial charge in [-0.25, -0.2) is 0 Å². The number of ether oxygens (including phenoxy) is 1. The molecule has 24 heavy (non-hydrogen) atoms. The fraction of sp³-hybridized carbons (Fsp3) is 0.250. The van der Waals surface area contributed by atoms with E-state index in [2.05, 4.69) is 0 Å². The molecular formula is C12H6Cl4N2O6. The summed E-state index contributed by atoms with van der Waals surface area (Å²) in [6, 6.07) is 0. The minimum atomic E-state index is -0.961. The second-order valence-corrected chi connectivity index (χ2v) is 5.95. The molecule has 2 aliphatic heterocycles. The fourth-order valence-corrected chi connectivity index (χ4v) is 2.54. The van der Waals surface area contributed by atoms with Gasteiger partial charge in [-0.05, 0) is 0 Å². The summed E-state index contributed by atoms with van der Waals surface area (Å²) in [4.78, 5) is 59.2. The minimum Gasteiger partial charge on any atom is -0.462 e. The maximum Gasteiger partial charge on any atom is 0.326 e. The van der Waals surface area contributed by atoms with E-state index in [0.29, 0.717) is 9.80 Å². The number of imide groups is 2. The van der Waals surface area contributed by atoms with Crippen molar-refractivity contribution >= 4 is 76.0 Å². The molecule has 0 aromatic carbocycles. The maximum atomic E-state index is 11.6. The molecule has 8 nitrogen and oxygen atoms in total. The first kappa shape index (κ1) is 18.7.